The molecular weight excluding hydrogens is 540 g/mol. The van der Waals surface area contributed by atoms with Gasteiger partial charge in [0, 0.05) is 66.8 Å². The van der Waals surface area contributed by atoms with Crippen molar-refractivity contribution in [2.75, 3.05) is 20.1 Å². The van der Waals surface area contributed by atoms with Crippen LogP contribution in [0.4, 0.5) is 0 Å². The van der Waals surface area contributed by atoms with Gasteiger partial charge in [-0.3, -0.25) is 14.6 Å². The van der Waals surface area contributed by atoms with Gasteiger partial charge in [-0.05, 0) is 61.6 Å². The van der Waals surface area contributed by atoms with Crippen LogP contribution >= 0.6 is 0 Å². The number of aryl methyl sites for hydroxylation is 1. The molecule has 4 aromatic rings. The number of pyridine rings is 1. The van der Waals surface area contributed by atoms with Gasteiger partial charge in [0.1, 0.15) is 5.75 Å². The van der Waals surface area contributed by atoms with Crippen molar-refractivity contribution in [3.8, 4) is 17.0 Å². The molecule has 2 aromatic carbocycles. The highest BCUT2D eigenvalue weighted by molar-refractivity contribution is 5.92. The second-order valence-corrected chi connectivity index (χ2v) is 12.5. The third-order valence-corrected chi connectivity index (χ3v) is 9.96. The van der Waals surface area contributed by atoms with Crippen molar-refractivity contribution in [2.24, 2.45) is 18.4 Å². The van der Waals surface area contributed by atoms with Crippen LogP contribution in [0, 0.1) is 11.3 Å². The minimum Gasteiger partial charge on any atom is -0.506 e. The second kappa shape index (κ2) is 11.2. The highest BCUT2D eigenvalue weighted by Crippen LogP contribution is 2.51. The molecule has 43 heavy (non-hydrogen) atoms. The number of H-pyrrole nitrogens is 1. The first kappa shape index (κ1) is 29.0. The van der Waals surface area contributed by atoms with E-state index in [1.165, 1.54) is 17.7 Å². The normalized spacial score (nSPS) is 22.0. The second-order valence-electron chi connectivity index (χ2n) is 12.5. The Morgan fingerprint density at radius 1 is 1.21 bits per heavy atom. The van der Waals surface area contributed by atoms with Gasteiger partial charge >= 0.3 is 5.97 Å². The number of aromatic nitrogens is 2. The molecule has 8 heteroatoms. The van der Waals surface area contributed by atoms with E-state index in [1.807, 2.05) is 25.1 Å². The molecule has 6 rings (SSSR count). The van der Waals surface area contributed by atoms with Crippen LogP contribution in [0.1, 0.15) is 46.9 Å². The Bertz CT molecular complexity index is 1760. The van der Waals surface area contributed by atoms with Crippen molar-refractivity contribution in [1.29, 1.82) is 0 Å². The molecule has 1 aliphatic heterocycles. The summed E-state index contributed by atoms with van der Waals surface area (Å²) in [5.41, 5.74) is 3.93. The number of carboxylic acids is 1. The molecule has 2 fully saturated rings. The molecule has 3 heterocycles. The number of rotatable bonds is 9. The molecule has 2 aliphatic rings. The number of benzene rings is 2. The van der Waals surface area contributed by atoms with Gasteiger partial charge in [0.15, 0.2) is 5.56 Å². The summed E-state index contributed by atoms with van der Waals surface area (Å²) in [6, 6.07) is 19.4. The molecule has 3 unspecified atom stereocenters. The lowest BCUT2D eigenvalue weighted by Gasteiger charge is -2.29. The monoisotopic (exact) mass is 580 g/mol. The molecule has 0 radical (unpaired) electrons. The summed E-state index contributed by atoms with van der Waals surface area (Å²) < 4.78 is 2.22. The third kappa shape index (κ3) is 5.08. The Kier molecular flexibility index (Phi) is 7.52. The van der Waals surface area contributed by atoms with E-state index in [1.54, 1.807) is 0 Å². The van der Waals surface area contributed by atoms with Crippen molar-refractivity contribution < 1.29 is 15.0 Å². The molecule has 3 atom stereocenters. The van der Waals surface area contributed by atoms with Crippen molar-refractivity contribution in [3.05, 3.63) is 100.0 Å². The zero-order valence-electron chi connectivity index (χ0n) is 25.1. The minimum atomic E-state index is -1.44. The summed E-state index contributed by atoms with van der Waals surface area (Å²) in [5.74, 6) is -1.32. The Balaban J connectivity index is 1.21. The van der Waals surface area contributed by atoms with Crippen molar-refractivity contribution >= 4 is 16.9 Å². The SMILES string of the molecule is C=CC12CC(N(C)Cc3ccccc3)CC1CN(Cc1cc3cc(-c4[nH]c(=O)c(C(=O)O)c(O)c4CC)ccc3n1C)C2. The molecule has 1 saturated carbocycles. The number of hydrogen-bond acceptors (Lipinski definition) is 5. The van der Waals surface area contributed by atoms with Crippen LogP contribution in [0.3, 0.4) is 0 Å². The van der Waals surface area contributed by atoms with Crippen LogP contribution < -0.4 is 5.56 Å². The third-order valence-electron chi connectivity index (χ3n) is 9.96. The zero-order valence-corrected chi connectivity index (χ0v) is 25.1. The minimum absolute atomic E-state index is 0.125. The van der Waals surface area contributed by atoms with E-state index in [-0.39, 0.29) is 5.41 Å². The number of carboxylic acid groups (broad SMARTS) is 1. The van der Waals surface area contributed by atoms with Gasteiger partial charge in [0.2, 0.25) is 0 Å². The number of carbonyl (C=O) groups is 1. The first-order valence-corrected chi connectivity index (χ1v) is 15.0. The molecule has 0 amide bonds. The summed E-state index contributed by atoms with van der Waals surface area (Å²) in [7, 11) is 4.33. The Morgan fingerprint density at radius 2 is 1.98 bits per heavy atom. The van der Waals surface area contributed by atoms with Gasteiger partial charge in [0.05, 0.1) is 5.69 Å². The summed E-state index contributed by atoms with van der Waals surface area (Å²) >= 11 is 0. The lowest BCUT2D eigenvalue weighted by atomic mass is 9.81. The zero-order chi connectivity index (χ0) is 30.5. The maximum atomic E-state index is 12.5. The highest BCUT2D eigenvalue weighted by Gasteiger charge is 2.51. The number of nitrogens with zero attached hydrogens (tertiary/aromatic N) is 3. The average molecular weight is 581 g/mol. The number of aromatic carboxylic acids is 1. The summed E-state index contributed by atoms with van der Waals surface area (Å²) in [4.78, 5) is 31.8. The topological polar surface area (TPSA) is 102 Å². The number of aromatic hydroxyl groups is 1. The quantitative estimate of drug-likeness (QED) is 0.229. The predicted molar refractivity (Wildman–Crippen MR) is 169 cm³/mol. The maximum Gasteiger partial charge on any atom is 0.345 e. The van der Waals surface area contributed by atoms with E-state index in [4.69, 9.17) is 0 Å². The fourth-order valence-corrected chi connectivity index (χ4v) is 7.63. The number of nitrogens with one attached hydrogen (secondary N) is 1. The van der Waals surface area contributed by atoms with E-state index in [0.717, 1.165) is 49.1 Å². The van der Waals surface area contributed by atoms with Crippen LogP contribution in [0.25, 0.3) is 22.2 Å². The van der Waals surface area contributed by atoms with Gasteiger partial charge in [0.25, 0.3) is 5.56 Å². The molecule has 8 nitrogen and oxygen atoms in total. The first-order chi connectivity index (χ1) is 20.6. The summed E-state index contributed by atoms with van der Waals surface area (Å²) in [6.07, 6.45) is 4.90. The Hall–Kier alpha value is -4.14. The molecule has 3 N–H and O–H groups in total. The molecule has 1 aliphatic carbocycles. The van der Waals surface area contributed by atoms with Gasteiger partial charge < -0.3 is 19.8 Å². The van der Waals surface area contributed by atoms with Gasteiger partial charge in [-0.2, -0.15) is 0 Å². The Morgan fingerprint density at radius 3 is 2.65 bits per heavy atom. The fraction of sp³-hybridized carbons (Fsp3) is 0.371. The van der Waals surface area contributed by atoms with Crippen molar-refractivity contribution in [3.63, 3.8) is 0 Å². The maximum absolute atomic E-state index is 12.5. The summed E-state index contributed by atoms with van der Waals surface area (Å²) in [6.45, 7) is 9.97. The van der Waals surface area contributed by atoms with Crippen LogP contribution in [0.15, 0.2) is 72.0 Å². The predicted octanol–water partition coefficient (Wildman–Crippen LogP) is 5.40. The standard InChI is InChI=1S/C35H40N4O4/c1-5-28-31(36-33(41)30(32(28)40)34(42)43)23-12-13-29-24(14-23)15-27(38(29)4)20-39-19-25-16-26(17-35(25,6-2)21-39)37(3)18-22-10-8-7-9-11-22/h6-15,25-26H,2,5,16-21H2,1,3-4H3,(H,42,43)(H2,36,40,41). The van der Waals surface area contributed by atoms with Crippen LogP contribution in [-0.4, -0.2) is 61.7 Å². The molecule has 224 valence electrons. The van der Waals surface area contributed by atoms with E-state index in [9.17, 15) is 19.8 Å². The average Bonchev–Trinajstić information content (AvgIpc) is 3.61. The van der Waals surface area contributed by atoms with Crippen LogP contribution in [0.5, 0.6) is 5.75 Å². The fourth-order valence-electron chi connectivity index (χ4n) is 7.63. The summed E-state index contributed by atoms with van der Waals surface area (Å²) in [5, 5.41) is 21.0. The number of fused-ring (bicyclic) bond motifs is 2. The number of hydrogen-bond donors (Lipinski definition) is 3. The first-order valence-electron chi connectivity index (χ1n) is 15.0. The van der Waals surface area contributed by atoms with E-state index in [0.29, 0.717) is 29.6 Å². The lowest BCUT2D eigenvalue weighted by molar-refractivity contribution is 0.0691. The molecular formula is C35H40N4O4. The van der Waals surface area contributed by atoms with E-state index in [2.05, 4.69) is 82.5 Å². The van der Waals surface area contributed by atoms with Crippen LogP contribution in [-0.2, 0) is 26.6 Å². The highest BCUT2D eigenvalue weighted by atomic mass is 16.4. The lowest BCUT2D eigenvalue weighted by Crippen LogP contribution is -2.33. The van der Waals surface area contributed by atoms with Gasteiger partial charge in [-0.25, -0.2) is 4.79 Å². The smallest absolute Gasteiger partial charge is 0.345 e. The molecule has 2 aromatic heterocycles. The molecule has 0 spiro atoms. The Labute approximate surface area is 251 Å². The van der Waals surface area contributed by atoms with Crippen LogP contribution in [0.2, 0.25) is 0 Å². The van der Waals surface area contributed by atoms with E-state index < -0.39 is 22.8 Å². The van der Waals surface area contributed by atoms with Crippen molar-refractivity contribution in [1.82, 2.24) is 19.4 Å². The van der Waals surface area contributed by atoms with Crippen molar-refractivity contribution in [2.45, 2.75) is 45.3 Å². The molecule has 1 saturated heterocycles. The van der Waals surface area contributed by atoms with E-state index >= 15 is 0 Å². The van der Waals surface area contributed by atoms with Gasteiger partial charge in [-0.1, -0.05) is 49.4 Å². The number of likely N-dealkylation sites (tertiary alicyclic amines) is 1. The van der Waals surface area contributed by atoms with Gasteiger partial charge in [-0.15, -0.1) is 6.58 Å². The molecule has 0 bridgehead atoms. The number of aromatic amines is 1. The largest absolute Gasteiger partial charge is 0.506 e.